The molecule has 2 N–H and O–H groups in total. The molecule has 3 amide bonds. The molecule has 37 heavy (non-hydrogen) atoms. The van der Waals surface area contributed by atoms with Gasteiger partial charge in [0.05, 0.1) is 26.5 Å². The van der Waals surface area contributed by atoms with Crippen molar-refractivity contribution in [1.29, 1.82) is 0 Å². The van der Waals surface area contributed by atoms with Crippen molar-refractivity contribution in [3.05, 3.63) is 83.0 Å². The third-order valence-corrected chi connectivity index (χ3v) is 5.82. The van der Waals surface area contributed by atoms with Crippen LogP contribution in [-0.2, 0) is 9.59 Å². The summed E-state index contributed by atoms with van der Waals surface area (Å²) in [6.07, 6.45) is 0. The van der Waals surface area contributed by atoms with E-state index in [1.54, 1.807) is 60.7 Å². The molecule has 4 rings (SSSR count). The summed E-state index contributed by atoms with van der Waals surface area (Å²) >= 11 is 6.27. The third kappa shape index (κ3) is 5.36. The number of carbonyl (C=O) groups excluding carboxylic acids is 3. The first-order valence-electron chi connectivity index (χ1n) is 11.3. The largest absolute Gasteiger partial charge is 0.497 e. The van der Waals surface area contributed by atoms with Gasteiger partial charge in [-0.2, -0.15) is 0 Å². The van der Waals surface area contributed by atoms with Gasteiger partial charge in [0.2, 0.25) is 0 Å². The lowest BCUT2D eigenvalue weighted by atomic mass is 10.1. The highest BCUT2D eigenvalue weighted by atomic mass is 35.5. The predicted octanol–water partition coefficient (Wildman–Crippen LogP) is 4.79. The molecule has 0 unspecified atom stereocenters. The number of hydrogen-bond donors (Lipinski definition) is 2. The fourth-order valence-corrected chi connectivity index (χ4v) is 3.90. The molecule has 0 saturated heterocycles. The summed E-state index contributed by atoms with van der Waals surface area (Å²) in [5.74, 6) is -0.262. The molecule has 1 heterocycles. The Labute approximate surface area is 218 Å². The van der Waals surface area contributed by atoms with Crippen molar-refractivity contribution >= 4 is 46.4 Å². The normalized spacial score (nSPS) is 13.0. The quantitative estimate of drug-likeness (QED) is 0.390. The molecular formula is C27H24ClN3O6. The number of carbonyl (C=O) groups is 3. The summed E-state index contributed by atoms with van der Waals surface area (Å²) in [5.41, 5.74) is 1.43. The molecule has 3 aromatic rings. The Bertz CT molecular complexity index is 1390. The number of anilines is 3. The SMILES string of the molecule is CCOc1ccc(NC(=O)c2cccc(NC3=C(Cl)C(=O)N(c4ccc(OC)cc4OC)C3=O)c2)cc1. The van der Waals surface area contributed by atoms with Gasteiger partial charge < -0.3 is 24.8 Å². The van der Waals surface area contributed by atoms with Gasteiger partial charge in [-0.1, -0.05) is 17.7 Å². The lowest BCUT2D eigenvalue weighted by molar-refractivity contribution is -0.120. The zero-order chi connectivity index (χ0) is 26.5. The van der Waals surface area contributed by atoms with E-state index >= 15 is 0 Å². The first-order chi connectivity index (χ1) is 17.9. The molecular weight excluding hydrogens is 498 g/mol. The minimum Gasteiger partial charge on any atom is -0.497 e. The predicted molar refractivity (Wildman–Crippen MR) is 141 cm³/mol. The number of benzene rings is 3. The molecule has 0 spiro atoms. The van der Waals surface area contributed by atoms with E-state index in [-0.39, 0.29) is 28.1 Å². The van der Waals surface area contributed by atoms with E-state index in [1.165, 1.54) is 20.3 Å². The van der Waals surface area contributed by atoms with Gasteiger partial charge >= 0.3 is 0 Å². The number of imide groups is 1. The molecule has 9 nitrogen and oxygen atoms in total. The maximum atomic E-state index is 13.2. The minimum absolute atomic E-state index is 0.117. The molecule has 1 aliphatic rings. The van der Waals surface area contributed by atoms with Crippen LogP contribution in [0.3, 0.4) is 0 Å². The molecule has 0 radical (unpaired) electrons. The first kappa shape index (κ1) is 25.6. The first-order valence-corrected chi connectivity index (χ1v) is 11.7. The van der Waals surface area contributed by atoms with E-state index in [9.17, 15) is 14.4 Å². The van der Waals surface area contributed by atoms with Crippen molar-refractivity contribution in [2.75, 3.05) is 36.4 Å². The number of halogens is 1. The van der Waals surface area contributed by atoms with Gasteiger partial charge in [-0.15, -0.1) is 0 Å². The van der Waals surface area contributed by atoms with Crippen molar-refractivity contribution in [3.8, 4) is 17.2 Å². The summed E-state index contributed by atoms with van der Waals surface area (Å²) in [7, 11) is 2.91. The molecule has 3 aromatic carbocycles. The second-order valence-electron chi connectivity index (χ2n) is 7.79. The minimum atomic E-state index is -0.706. The topological polar surface area (TPSA) is 106 Å². The molecule has 10 heteroatoms. The number of nitrogens with one attached hydrogen (secondary N) is 2. The number of ether oxygens (including phenoxy) is 3. The van der Waals surface area contributed by atoms with Gasteiger partial charge in [0.25, 0.3) is 17.7 Å². The van der Waals surface area contributed by atoms with Crippen molar-refractivity contribution in [1.82, 2.24) is 0 Å². The van der Waals surface area contributed by atoms with Crippen LogP contribution in [0.2, 0.25) is 0 Å². The Morgan fingerprint density at radius 1 is 0.892 bits per heavy atom. The molecule has 0 atom stereocenters. The Kier molecular flexibility index (Phi) is 7.64. The van der Waals surface area contributed by atoms with Crippen LogP contribution < -0.4 is 29.7 Å². The van der Waals surface area contributed by atoms with Crippen LogP contribution >= 0.6 is 11.6 Å². The number of hydrogen-bond acceptors (Lipinski definition) is 7. The van der Waals surface area contributed by atoms with E-state index in [1.807, 2.05) is 6.92 Å². The molecule has 0 aliphatic carbocycles. The summed E-state index contributed by atoms with van der Waals surface area (Å²) in [6.45, 7) is 2.44. The Morgan fingerprint density at radius 3 is 2.30 bits per heavy atom. The van der Waals surface area contributed by atoms with Gasteiger partial charge in [-0.3, -0.25) is 14.4 Å². The molecule has 0 saturated carbocycles. The van der Waals surface area contributed by atoms with Crippen LogP contribution in [0, 0.1) is 0 Å². The van der Waals surface area contributed by atoms with Crippen LogP contribution in [0.5, 0.6) is 17.2 Å². The Hall–Kier alpha value is -4.50. The Morgan fingerprint density at radius 2 is 1.62 bits per heavy atom. The van der Waals surface area contributed by atoms with Gasteiger partial charge in [0, 0.05) is 23.0 Å². The van der Waals surface area contributed by atoms with E-state index in [4.69, 9.17) is 25.8 Å². The third-order valence-electron chi connectivity index (χ3n) is 5.47. The second kappa shape index (κ2) is 11.0. The molecule has 1 aliphatic heterocycles. The highest BCUT2D eigenvalue weighted by Crippen LogP contribution is 2.37. The fourth-order valence-electron chi connectivity index (χ4n) is 3.69. The number of nitrogens with zero attached hydrogens (tertiary/aromatic N) is 1. The van der Waals surface area contributed by atoms with E-state index in [0.717, 1.165) is 4.90 Å². The van der Waals surface area contributed by atoms with Crippen molar-refractivity contribution in [3.63, 3.8) is 0 Å². The molecule has 0 bridgehead atoms. The average Bonchev–Trinajstić information content (AvgIpc) is 3.12. The summed E-state index contributed by atoms with van der Waals surface area (Å²) in [6, 6.07) is 18.2. The Balaban J connectivity index is 1.52. The van der Waals surface area contributed by atoms with Gasteiger partial charge in [0.1, 0.15) is 28.0 Å². The zero-order valence-corrected chi connectivity index (χ0v) is 21.1. The summed E-state index contributed by atoms with van der Waals surface area (Å²) in [5, 5.41) is 5.41. The average molecular weight is 522 g/mol. The van der Waals surface area contributed by atoms with Crippen LogP contribution in [0.25, 0.3) is 0 Å². The van der Waals surface area contributed by atoms with Gasteiger partial charge in [-0.05, 0) is 61.5 Å². The highest BCUT2D eigenvalue weighted by Gasteiger charge is 2.40. The van der Waals surface area contributed by atoms with Gasteiger partial charge in [-0.25, -0.2) is 4.90 Å². The van der Waals surface area contributed by atoms with Crippen LogP contribution in [-0.4, -0.2) is 38.5 Å². The summed E-state index contributed by atoms with van der Waals surface area (Å²) < 4.78 is 15.9. The lowest BCUT2D eigenvalue weighted by Crippen LogP contribution is -2.32. The zero-order valence-electron chi connectivity index (χ0n) is 20.3. The van der Waals surface area contributed by atoms with E-state index in [2.05, 4.69) is 10.6 Å². The van der Waals surface area contributed by atoms with E-state index in [0.29, 0.717) is 35.0 Å². The van der Waals surface area contributed by atoms with Crippen LogP contribution in [0.4, 0.5) is 17.1 Å². The van der Waals surface area contributed by atoms with Crippen LogP contribution in [0.15, 0.2) is 77.5 Å². The fraction of sp³-hybridized carbons (Fsp3) is 0.148. The highest BCUT2D eigenvalue weighted by molar-refractivity contribution is 6.53. The monoisotopic (exact) mass is 521 g/mol. The smallest absolute Gasteiger partial charge is 0.283 e. The maximum absolute atomic E-state index is 13.2. The summed E-state index contributed by atoms with van der Waals surface area (Å²) in [4.78, 5) is 39.8. The molecule has 190 valence electrons. The maximum Gasteiger partial charge on any atom is 0.283 e. The van der Waals surface area contributed by atoms with Crippen molar-refractivity contribution in [2.45, 2.75) is 6.92 Å². The molecule has 0 aromatic heterocycles. The van der Waals surface area contributed by atoms with Crippen molar-refractivity contribution < 1.29 is 28.6 Å². The lowest BCUT2D eigenvalue weighted by Gasteiger charge is -2.18. The standard InChI is InChI=1S/C27H24ClN3O6/c1-4-37-19-10-8-17(9-11-19)30-25(32)16-6-5-7-18(14-16)29-24-23(28)26(33)31(27(24)34)21-13-12-20(35-2)15-22(21)36-3/h5-15,29H,4H2,1-3H3,(H,30,32). The number of rotatable bonds is 9. The van der Waals surface area contributed by atoms with Crippen molar-refractivity contribution in [2.24, 2.45) is 0 Å². The van der Waals surface area contributed by atoms with Gasteiger partial charge in [0.15, 0.2) is 0 Å². The second-order valence-corrected chi connectivity index (χ2v) is 8.17. The number of methoxy groups -OCH3 is 2. The van der Waals surface area contributed by atoms with E-state index < -0.39 is 11.8 Å². The van der Waals surface area contributed by atoms with Crippen LogP contribution in [0.1, 0.15) is 17.3 Å². The number of amides is 3. The molecule has 0 fully saturated rings.